The molecule has 2 aromatic carbocycles. The molecule has 4 heteroatoms. The third-order valence-electron chi connectivity index (χ3n) is 2.92. The fraction of sp³-hybridized carbons (Fsp3) is 0.0667. The first-order valence-electron chi connectivity index (χ1n) is 5.78. The Bertz CT molecular complexity index is 671. The Balaban J connectivity index is 2.15. The summed E-state index contributed by atoms with van der Waals surface area (Å²) in [6.45, 7) is 1.79. The Kier molecular flexibility index (Phi) is 2.56. The van der Waals surface area contributed by atoms with Gasteiger partial charge in [0.25, 0.3) is 0 Å². The van der Waals surface area contributed by atoms with E-state index in [1.807, 2.05) is 0 Å². The summed E-state index contributed by atoms with van der Waals surface area (Å²) in [6, 6.07) is 11.0. The van der Waals surface area contributed by atoms with Crippen LogP contribution in [0.4, 0.5) is 0 Å². The number of hydrogen-bond donors (Lipinski definition) is 0. The summed E-state index contributed by atoms with van der Waals surface area (Å²) in [7, 11) is 0. The van der Waals surface area contributed by atoms with E-state index in [1.54, 1.807) is 49.4 Å². The fourth-order valence-corrected chi connectivity index (χ4v) is 1.87. The zero-order valence-electron chi connectivity index (χ0n) is 10.2. The monoisotopic (exact) mass is 254 g/mol. The van der Waals surface area contributed by atoms with Crippen molar-refractivity contribution >= 4 is 11.9 Å². The van der Waals surface area contributed by atoms with Gasteiger partial charge in [0, 0.05) is 0 Å². The van der Waals surface area contributed by atoms with Crippen molar-refractivity contribution in [2.24, 2.45) is 0 Å². The van der Waals surface area contributed by atoms with Crippen LogP contribution in [0.25, 0.3) is 0 Å². The van der Waals surface area contributed by atoms with Gasteiger partial charge in [0.05, 0.1) is 11.1 Å². The molecule has 6 rings (SSSR count). The first-order chi connectivity index (χ1) is 9.13. The molecule has 0 spiro atoms. The number of ether oxygens (including phenoxy) is 2. The molecule has 94 valence electrons. The fourth-order valence-electron chi connectivity index (χ4n) is 1.87. The van der Waals surface area contributed by atoms with E-state index in [2.05, 4.69) is 0 Å². The number of benzene rings is 2. The third kappa shape index (κ3) is 2.08. The zero-order valence-corrected chi connectivity index (χ0v) is 10.2. The maximum Gasteiger partial charge on any atom is 0.343 e. The Labute approximate surface area is 109 Å². The molecule has 0 aliphatic carbocycles. The van der Waals surface area contributed by atoms with Gasteiger partial charge in [0.15, 0.2) is 0 Å². The van der Waals surface area contributed by atoms with Crippen LogP contribution in [0.1, 0.15) is 26.3 Å². The maximum atomic E-state index is 11.9. The minimum atomic E-state index is -0.451. The van der Waals surface area contributed by atoms with E-state index >= 15 is 0 Å². The average molecular weight is 254 g/mol. The summed E-state index contributed by atoms with van der Waals surface area (Å²) in [5, 5.41) is 0. The van der Waals surface area contributed by atoms with Crippen LogP contribution in [0.15, 0.2) is 42.5 Å². The molecule has 4 aliphatic rings. The van der Waals surface area contributed by atoms with Gasteiger partial charge < -0.3 is 9.47 Å². The van der Waals surface area contributed by atoms with Crippen molar-refractivity contribution in [3.8, 4) is 11.5 Å². The number of hydrogen-bond acceptors (Lipinski definition) is 4. The molecule has 0 radical (unpaired) electrons. The van der Waals surface area contributed by atoms with Gasteiger partial charge in [-0.2, -0.15) is 0 Å². The number of carbonyl (C=O) groups is 2. The van der Waals surface area contributed by atoms with Crippen molar-refractivity contribution in [1.82, 2.24) is 0 Å². The largest absolute Gasteiger partial charge is 0.423 e. The van der Waals surface area contributed by atoms with Crippen molar-refractivity contribution in [3.63, 3.8) is 0 Å². The second-order valence-electron chi connectivity index (χ2n) is 4.28. The molecule has 4 nitrogen and oxygen atoms in total. The lowest BCUT2D eigenvalue weighted by Crippen LogP contribution is -2.13. The van der Waals surface area contributed by atoms with Gasteiger partial charge in [0.1, 0.15) is 11.5 Å². The van der Waals surface area contributed by atoms with Crippen LogP contribution in [0, 0.1) is 6.92 Å². The second kappa shape index (κ2) is 4.24. The van der Waals surface area contributed by atoms with Crippen LogP contribution in [-0.2, 0) is 0 Å². The molecule has 4 bridgehead atoms. The molecule has 0 saturated heterocycles. The Morgan fingerprint density at radius 3 is 1.95 bits per heavy atom. The third-order valence-corrected chi connectivity index (χ3v) is 2.92. The molecule has 0 amide bonds. The lowest BCUT2D eigenvalue weighted by molar-refractivity contribution is 0.0714. The highest BCUT2D eigenvalue weighted by atomic mass is 16.5. The number of carbonyl (C=O) groups excluding carboxylic acids is 2. The Morgan fingerprint density at radius 2 is 1.37 bits per heavy atom. The minimum Gasteiger partial charge on any atom is -0.423 e. The van der Waals surface area contributed by atoms with Gasteiger partial charge in [-0.3, -0.25) is 0 Å². The standard InChI is InChI=1S/C15H10O4/c1-9-8-12-6-7-13(9)19-15(17)11-4-2-10(3-5-11)14(16)18-12/h2-8H,1H3. The van der Waals surface area contributed by atoms with E-state index in [0.29, 0.717) is 22.6 Å². The molecular weight excluding hydrogens is 244 g/mol. The molecule has 19 heavy (non-hydrogen) atoms. The van der Waals surface area contributed by atoms with E-state index in [4.69, 9.17) is 9.47 Å². The SMILES string of the molecule is Cc1cc2ccc1OC(=O)c1ccc(cc1)C(=O)O2. The molecule has 0 unspecified atom stereocenters. The molecule has 0 saturated carbocycles. The van der Waals surface area contributed by atoms with E-state index in [9.17, 15) is 9.59 Å². The lowest BCUT2D eigenvalue weighted by atomic mass is 10.1. The van der Waals surface area contributed by atoms with E-state index < -0.39 is 11.9 Å². The van der Waals surface area contributed by atoms with Crippen molar-refractivity contribution in [1.29, 1.82) is 0 Å². The van der Waals surface area contributed by atoms with Crippen LogP contribution in [-0.4, -0.2) is 11.9 Å². The highest BCUT2D eigenvalue weighted by molar-refractivity contribution is 5.95. The van der Waals surface area contributed by atoms with Crippen LogP contribution in [0.5, 0.6) is 11.5 Å². The second-order valence-corrected chi connectivity index (χ2v) is 4.28. The topological polar surface area (TPSA) is 52.6 Å². The summed E-state index contributed by atoms with van der Waals surface area (Å²) in [5.74, 6) is -0.0228. The normalized spacial score (nSPS) is 13.5. The van der Waals surface area contributed by atoms with Crippen molar-refractivity contribution in [2.75, 3.05) is 0 Å². The smallest absolute Gasteiger partial charge is 0.343 e. The number of esters is 2. The minimum absolute atomic E-state index is 0.388. The first kappa shape index (κ1) is 11.5. The summed E-state index contributed by atoms with van der Waals surface area (Å²) in [5.41, 5.74) is 1.51. The van der Waals surface area contributed by atoms with Crippen LogP contribution in [0.3, 0.4) is 0 Å². The molecule has 4 aliphatic heterocycles. The average Bonchev–Trinajstić information content (AvgIpc) is 2.40. The number of rotatable bonds is 0. The summed E-state index contributed by atoms with van der Waals surface area (Å²) in [4.78, 5) is 23.8. The van der Waals surface area contributed by atoms with E-state index in [-0.39, 0.29) is 0 Å². The predicted molar refractivity (Wildman–Crippen MR) is 67.5 cm³/mol. The molecule has 0 aromatic heterocycles. The van der Waals surface area contributed by atoms with Crippen molar-refractivity contribution in [2.45, 2.75) is 6.92 Å². The first-order valence-corrected chi connectivity index (χ1v) is 5.78. The quantitative estimate of drug-likeness (QED) is 0.536. The van der Waals surface area contributed by atoms with Crippen LogP contribution >= 0.6 is 0 Å². The summed E-state index contributed by atoms with van der Waals surface area (Å²) < 4.78 is 10.5. The zero-order chi connectivity index (χ0) is 13.4. The number of aryl methyl sites for hydroxylation is 1. The van der Waals surface area contributed by atoms with Gasteiger partial charge in [0.2, 0.25) is 0 Å². The van der Waals surface area contributed by atoms with Gasteiger partial charge in [-0.15, -0.1) is 0 Å². The van der Waals surface area contributed by atoms with Gasteiger partial charge in [-0.1, -0.05) is 0 Å². The Hall–Kier alpha value is -2.62. The molecular formula is C15H10O4. The van der Waals surface area contributed by atoms with Crippen LogP contribution < -0.4 is 9.47 Å². The van der Waals surface area contributed by atoms with Crippen molar-refractivity contribution < 1.29 is 19.1 Å². The van der Waals surface area contributed by atoms with Crippen LogP contribution in [0.2, 0.25) is 0 Å². The summed E-state index contributed by atoms with van der Waals surface area (Å²) in [6.07, 6.45) is 0. The van der Waals surface area contributed by atoms with E-state index in [1.165, 1.54) is 0 Å². The highest BCUT2D eigenvalue weighted by Gasteiger charge is 2.16. The van der Waals surface area contributed by atoms with Gasteiger partial charge >= 0.3 is 11.9 Å². The lowest BCUT2D eigenvalue weighted by Gasteiger charge is -2.12. The molecule has 0 fully saturated rings. The Morgan fingerprint density at radius 1 is 0.789 bits per heavy atom. The van der Waals surface area contributed by atoms with Gasteiger partial charge in [-0.05, 0) is 55.0 Å². The van der Waals surface area contributed by atoms with E-state index in [0.717, 1.165) is 5.56 Å². The van der Waals surface area contributed by atoms with Crippen molar-refractivity contribution in [3.05, 3.63) is 59.2 Å². The summed E-state index contributed by atoms with van der Waals surface area (Å²) >= 11 is 0. The molecule has 2 aromatic rings. The molecule has 0 atom stereocenters. The predicted octanol–water partition coefficient (Wildman–Crippen LogP) is 2.75. The maximum absolute atomic E-state index is 11.9. The molecule has 0 N–H and O–H groups in total. The molecule has 4 heterocycles. The van der Waals surface area contributed by atoms with Gasteiger partial charge in [-0.25, -0.2) is 9.59 Å². The highest BCUT2D eigenvalue weighted by Crippen LogP contribution is 2.25.